The van der Waals surface area contributed by atoms with Crippen molar-refractivity contribution in [3.8, 4) is 17.2 Å². The van der Waals surface area contributed by atoms with Crippen molar-refractivity contribution in [1.29, 1.82) is 0 Å². The molecule has 0 radical (unpaired) electrons. The second kappa shape index (κ2) is 8.65. The van der Waals surface area contributed by atoms with Crippen LogP contribution >= 0.6 is 0 Å². The number of carbonyl (C=O) groups excluding carboxylic acids is 1. The lowest BCUT2D eigenvalue weighted by atomic mass is 10.1. The van der Waals surface area contributed by atoms with Crippen LogP contribution in [-0.2, 0) is 11.2 Å². The molecule has 1 aliphatic carbocycles. The Hall–Kier alpha value is -3.22. The number of carboxylic acids is 1. The van der Waals surface area contributed by atoms with E-state index in [0.29, 0.717) is 17.9 Å². The molecule has 28 heavy (non-hydrogen) atoms. The number of carbonyl (C=O) groups is 2. The smallest absolute Gasteiger partial charge is 0.341 e. The van der Waals surface area contributed by atoms with Crippen LogP contribution in [-0.4, -0.2) is 37.3 Å². The molecule has 2 N–H and O–H groups in total. The molecule has 7 heteroatoms. The lowest BCUT2D eigenvalue weighted by Crippen LogP contribution is -2.27. The Balaban J connectivity index is 1.77. The van der Waals surface area contributed by atoms with Crippen molar-refractivity contribution < 1.29 is 28.9 Å². The highest BCUT2D eigenvalue weighted by atomic mass is 16.5. The summed E-state index contributed by atoms with van der Waals surface area (Å²) < 4.78 is 16.1. The number of methoxy groups -OCH3 is 1. The molecular formula is C21H23NO6. The monoisotopic (exact) mass is 385 g/mol. The van der Waals surface area contributed by atoms with Gasteiger partial charge in [-0.1, -0.05) is 12.1 Å². The molecule has 0 saturated carbocycles. The molecule has 0 saturated heterocycles. The highest BCUT2D eigenvalue weighted by molar-refractivity contribution is 5.95. The van der Waals surface area contributed by atoms with Gasteiger partial charge in [0, 0.05) is 5.56 Å². The molecule has 2 aromatic carbocycles. The molecule has 0 fully saturated rings. The van der Waals surface area contributed by atoms with E-state index in [9.17, 15) is 9.59 Å². The minimum absolute atomic E-state index is 0.0870. The standard InChI is InChI=1S/C21H23NO6/c1-3-27-19-11-13(7-10-18(19)28-12-20(23)24)21(25)22-16-9-8-15-14(16)5-4-6-17(15)26-2/h4-7,10-11,16H,3,8-9,12H2,1-2H3,(H,22,25)(H,23,24). The van der Waals surface area contributed by atoms with Crippen LogP contribution in [0.1, 0.15) is 40.9 Å². The average Bonchev–Trinajstić information content (AvgIpc) is 3.10. The zero-order valence-corrected chi connectivity index (χ0v) is 15.9. The summed E-state index contributed by atoms with van der Waals surface area (Å²) in [5.41, 5.74) is 2.62. The summed E-state index contributed by atoms with van der Waals surface area (Å²) >= 11 is 0. The first-order valence-corrected chi connectivity index (χ1v) is 9.11. The zero-order valence-electron chi connectivity index (χ0n) is 15.9. The summed E-state index contributed by atoms with van der Waals surface area (Å²) in [5.74, 6) is 0.153. The van der Waals surface area contributed by atoms with E-state index in [1.165, 1.54) is 0 Å². The van der Waals surface area contributed by atoms with Gasteiger partial charge in [-0.2, -0.15) is 0 Å². The lowest BCUT2D eigenvalue weighted by Gasteiger charge is -2.16. The number of hydrogen-bond acceptors (Lipinski definition) is 5. The topological polar surface area (TPSA) is 94.1 Å². The Morgan fingerprint density at radius 3 is 2.68 bits per heavy atom. The molecule has 0 bridgehead atoms. The molecular weight excluding hydrogens is 362 g/mol. The van der Waals surface area contributed by atoms with Gasteiger partial charge in [-0.3, -0.25) is 4.79 Å². The predicted octanol–water partition coefficient (Wildman–Crippen LogP) is 2.97. The summed E-state index contributed by atoms with van der Waals surface area (Å²) in [7, 11) is 1.64. The number of rotatable bonds is 8. The molecule has 0 spiro atoms. The van der Waals surface area contributed by atoms with Crippen LogP contribution in [0.3, 0.4) is 0 Å². The third-order valence-corrected chi connectivity index (χ3v) is 4.61. The molecule has 0 aromatic heterocycles. The van der Waals surface area contributed by atoms with Gasteiger partial charge in [-0.15, -0.1) is 0 Å². The summed E-state index contributed by atoms with van der Waals surface area (Å²) in [4.78, 5) is 23.5. The number of ether oxygens (including phenoxy) is 3. The quantitative estimate of drug-likeness (QED) is 0.726. The SMILES string of the molecule is CCOc1cc(C(=O)NC2CCc3c(OC)cccc32)ccc1OCC(=O)O. The number of benzene rings is 2. The minimum atomic E-state index is -1.08. The average molecular weight is 385 g/mol. The molecule has 1 unspecified atom stereocenters. The van der Waals surface area contributed by atoms with Crippen molar-refractivity contribution in [3.63, 3.8) is 0 Å². The Bertz CT molecular complexity index is 879. The number of nitrogens with one attached hydrogen (secondary N) is 1. The first kappa shape index (κ1) is 19.5. The van der Waals surface area contributed by atoms with Gasteiger partial charge >= 0.3 is 5.97 Å². The van der Waals surface area contributed by atoms with Gasteiger partial charge in [-0.25, -0.2) is 4.79 Å². The van der Waals surface area contributed by atoms with Crippen molar-refractivity contribution in [3.05, 3.63) is 53.1 Å². The first-order valence-electron chi connectivity index (χ1n) is 9.11. The second-order valence-corrected chi connectivity index (χ2v) is 6.37. The largest absolute Gasteiger partial charge is 0.496 e. The Kier molecular flexibility index (Phi) is 6.03. The summed E-state index contributed by atoms with van der Waals surface area (Å²) in [6, 6.07) is 10.5. The fraction of sp³-hybridized carbons (Fsp3) is 0.333. The Morgan fingerprint density at radius 2 is 1.96 bits per heavy atom. The van der Waals surface area contributed by atoms with Gasteiger partial charge < -0.3 is 24.6 Å². The van der Waals surface area contributed by atoms with Crippen LogP contribution in [0, 0.1) is 0 Å². The van der Waals surface area contributed by atoms with E-state index in [2.05, 4.69) is 5.32 Å². The van der Waals surface area contributed by atoms with Crippen LogP contribution in [0.15, 0.2) is 36.4 Å². The van der Waals surface area contributed by atoms with E-state index in [1.54, 1.807) is 32.2 Å². The van der Waals surface area contributed by atoms with Crippen molar-refractivity contribution in [1.82, 2.24) is 5.32 Å². The van der Waals surface area contributed by atoms with E-state index >= 15 is 0 Å². The van der Waals surface area contributed by atoms with Crippen LogP contribution in [0.4, 0.5) is 0 Å². The number of aliphatic carboxylic acids is 1. The number of hydrogen-bond donors (Lipinski definition) is 2. The van der Waals surface area contributed by atoms with E-state index in [1.807, 2.05) is 18.2 Å². The van der Waals surface area contributed by atoms with Gasteiger partial charge in [0.05, 0.1) is 19.8 Å². The number of carboxylic acid groups (broad SMARTS) is 1. The van der Waals surface area contributed by atoms with Crippen LogP contribution in [0.5, 0.6) is 17.2 Å². The summed E-state index contributed by atoms with van der Waals surface area (Å²) in [6.45, 7) is 1.69. The van der Waals surface area contributed by atoms with Crippen molar-refractivity contribution >= 4 is 11.9 Å². The fourth-order valence-corrected chi connectivity index (χ4v) is 3.38. The molecule has 148 valence electrons. The Labute approximate surface area is 163 Å². The first-order chi connectivity index (χ1) is 13.5. The van der Waals surface area contributed by atoms with Crippen LogP contribution in [0.25, 0.3) is 0 Å². The molecule has 0 aliphatic heterocycles. The van der Waals surface area contributed by atoms with Gasteiger partial charge in [0.25, 0.3) is 5.91 Å². The second-order valence-electron chi connectivity index (χ2n) is 6.37. The van der Waals surface area contributed by atoms with Crippen LogP contribution < -0.4 is 19.5 Å². The maximum absolute atomic E-state index is 12.8. The zero-order chi connectivity index (χ0) is 20.1. The third-order valence-electron chi connectivity index (χ3n) is 4.61. The molecule has 2 aromatic rings. The van der Waals surface area contributed by atoms with E-state index < -0.39 is 12.6 Å². The van der Waals surface area contributed by atoms with E-state index in [4.69, 9.17) is 19.3 Å². The highest BCUT2D eigenvalue weighted by Crippen LogP contribution is 2.37. The maximum Gasteiger partial charge on any atom is 0.341 e. The maximum atomic E-state index is 12.8. The minimum Gasteiger partial charge on any atom is -0.496 e. The molecule has 1 atom stereocenters. The fourth-order valence-electron chi connectivity index (χ4n) is 3.38. The third kappa shape index (κ3) is 4.19. The molecule has 3 rings (SSSR count). The van der Waals surface area contributed by atoms with Crippen LogP contribution in [0.2, 0.25) is 0 Å². The molecule has 1 amide bonds. The normalized spacial score (nSPS) is 14.9. The number of amides is 1. The highest BCUT2D eigenvalue weighted by Gasteiger charge is 2.27. The summed E-state index contributed by atoms with van der Waals surface area (Å²) in [5, 5.41) is 11.8. The van der Waals surface area contributed by atoms with Crippen molar-refractivity contribution in [2.24, 2.45) is 0 Å². The van der Waals surface area contributed by atoms with Crippen molar-refractivity contribution in [2.45, 2.75) is 25.8 Å². The van der Waals surface area contributed by atoms with Gasteiger partial charge in [0.15, 0.2) is 18.1 Å². The Morgan fingerprint density at radius 1 is 1.14 bits per heavy atom. The van der Waals surface area contributed by atoms with Gasteiger partial charge in [0.1, 0.15) is 5.75 Å². The summed E-state index contributed by atoms with van der Waals surface area (Å²) in [6.07, 6.45) is 1.65. The van der Waals surface area contributed by atoms with E-state index in [0.717, 1.165) is 29.7 Å². The predicted molar refractivity (Wildman–Crippen MR) is 102 cm³/mol. The lowest BCUT2D eigenvalue weighted by molar-refractivity contribution is -0.139. The molecule has 1 aliphatic rings. The molecule has 0 heterocycles. The molecule has 7 nitrogen and oxygen atoms in total. The van der Waals surface area contributed by atoms with Gasteiger partial charge in [0.2, 0.25) is 0 Å². The van der Waals surface area contributed by atoms with Crippen molar-refractivity contribution in [2.75, 3.05) is 20.3 Å². The van der Waals surface area contributed by atoms with Gasteiger partial charge in [-0.05, 0) is 55.2 Å². The number of fused-ring (bicyclic) bond motifs is 1. The van der Waals surface area contributed by atoms with E-state index in [-0.39, 0.29) is 17.7 Å².